The molecule has 9 aromatic rings. The van der Waals surface area contributed by atoms with Crippen LogP contribution in [0, 0.1) is 6.92 Å². The molecule has 5 aromatic carbocycles. The normalized spacial score (nSPS) is 12.1. The van der Waals surface area contributed by atoms with Gasteiger partial charge in [-0.3, -0.25) is 4.57 Å². The lowest BCUT2D eigenvalue weighted by atomic mass is 10.1. The first-order chi connectivity index (χ1) is 19.7. The molecule has 0 saturated carbocycles. The van der Waals surface area contributed by atoms with Gasteiger partial charge in [0.2, 0.25) is 0 Å². The molecule has 4 aromatic heterocycles. The van der Waals surface area contributed by atoms with Crippen LogP contribution in [-0.2, 0) is 0 Å². The third-order valence-electron chi connectivity index (χ3n) is 7.94. The Kier molecular flexibility index (Phi) is 4.38. The maximum atomic E-state index is 6.26. The summed E-state index contributed by atoms with van der Waals surface area (Å²) in [7, 11) is 0. The molecule has 0 aliphatic heterocycles. The molecule has 0 amide bonds. The summed E-state index contributed by atoms with van der Waals surface area (Å²) in [6.07, 6.45) is 0. The summed E-state index contributed by atoms with van der Waals surface area (Å²) in [6.45, 7) is 2.07. The van der Waals surface area contributed by atoms with Crippen LogP contribution in [-0.4, -0.2) is 14.5 Å². The summed E-state index contributed by atoms with van der Waals surface area (Å²) < 4.78 is 11.0. The standard InChI is InChI=1S/C35H21N3OS/c1-20-32(27-13-8-12-25-24-10-4-7-16-31(24)40-34(25)27)37-35-33(36-20)26-11-2-5-14-28(26)38(35)21-17-18-23-22-9-3-6-15-29(22)39-30(23)19-21/h2-19H,1H3. The molecule has 5 heteroatoms. The maximum absolute atomic E-state index is 6.26. The number of thiophene rings is 1. The first kappa shape index (κ1) is 21.9. The molecule has 4 heterocycles. The lowest BCUT2D eigenvalue weighted by molar-refractivity contribution is 0.668. The van der Waals surface area contributed by atoms with Crippen LogP contribution in [0.3, 0.4) is 0 Å². The molecule has 0 aliphatic carbocycles. The Morgan fingerprint density at radius 3 is 2.33 bits per heavy atom. The number of fused-ring (bicyclic) bond motifs is 9. The van der Waals surface area contributed by atoms with Crippen LogP contribution < -0.4 is 0 Å². The number of furan rings is 1. The number of para-hydroxylation sites is 2. The van der Waals surface area contributed by atoms with Gasteiger partial charge in [0.1, 0.15) is 16.7 Å². The number of hydrogen-bond donors (Lipinski definition) is 0. The minimum Gasteiger partial charge on any atom is -0.456 e. The molecule has 0 atom stereocenters. The highest BCUT2D eigenvalue weighted by atomic mass is 32.1. The van der Waals surface area contributed by atoms with E-state index >= 15 is 0 Å². The van der Waals surface area contributed by atoms with E-state index in [2.05, 4.69) is 109 Å². The molecule has 0 spiro atoms. The van der Waals surface area contributed by atoms with Gasteiger partial charge in [0.25, 0.3) is 0 Å². The van der Waals surface area contributed by atoms with Crippen molar-refractivity contribution in [1.29, 1.82) is 0 Å². The SMILES string of the molecule is Cc1nc2c3ccccc3n(-c3ccc4c(c3)oc3ccccc34)c2nc1-c1cccc2c1sc1ccccc12. The van der Waals surface area contributed by atoms with Crippen LogP contribution in [0.2, 0.25) is 0 Å². The van der Waals surface area contributed by atoms with E-state index in [9.17, 15) is 0 Å². The summed E-state index contributed by atoms with van der Waals surface area (Å²) >= 11 is 1.82. The van der Waals surface area contributed by atoms with Gasteiger partial charge in [-0.2, -0.15) is 0 Å². The molecule has 4 nitrogen and oxygen atoms in total. The zero-order valence-electron chi connectivity index (χ0n) is 21.6. The Balaban J connectivity index is 1.35. The molecular weight excluding hydrogens is 510 g/mol. The van der Waals surface area contributed by atoms with Crippen molar-refractivity contribution in [2.45, 2.75) is 6.92 Å². The first-order valence-electron chi connectivity index (χ1n) is 13.3. The molecule has 0 N–H and O–H groups in total. The smallest absolute Gasteiger partial charge is 0.165 e. The van der Waals surface area contributed by atoms with E-state index in [1.165, 1.54) is 20.2 Å². The van der Waals surface area contributed by atoms with Crippen molar-refractivity contribution < 1.29 is 4.42 Å². The minimum absolute atomic E-state index is 0.843. The van der Waals surface area contributed by atoms with Gasteiger partial charge in [0.05, 0.1) is 22.6 Å². The summed E-state index contributed by atoms with van der Waals surface area (Å²) in [4.78, 5) is 10.6. The van der Waals surface area contributed by atoms with Gasteiger partial charge in [0.15, 0.2) is 5.65 Å². The third kappa shape index (κ3) is 2.95. The predicted octanol–water partition coefficient (Wildman–Crippen LogP) is 9.82. The molecule has 0 fully saturated rings. The highest BCUT2D eigenvalue weighted by Gasteiger charge is 2.20. The van der Waals surface area contributed by atoms with Crippen LogP contribution in [0.15, 0.2) is 114 Å². The monoisotopic (exact) mass is 531 g/mol. The molecule has 0 saturated heterocycles. The fourth-order valence-electron chi connectivity index (χ4n) is 6.13. The van der Waals surface area contributed by atoms with Gasteiger partial charge in [-0.1, -0.05) is 72.8 Å². The van der Waals surface area contributed by atoms with Crippen molar-refractivity contribution in [3.05, 3.63) is 115 Å². The second-order valence-corrected chi connectivity index (χ2v) is 11.3. The number of hydrogen-bond acceptors (Lipinski definition) is 4. The van der Waals surface area contributed by atoms with Crippen molar-refractivity contribution in [2.24, 2.45) is 0 Å². The van der Waals surface area contributed by atoms with Crippen LogP contribution >= 0.6 is 11.3 Å². The summed E-state index contributed by atoms with van der Waals surface area (Å²) in [5, 5.41) is 5.86. The van der Waals surface area contributed by atoms with Gasteiger partial charge in [-0.25, -0.2) is 9.97 Å². The Bertz CT molecular complexity index is 2460. The van der Waals surface area contributed by atoms with E-state index in [0.29, 0.717) is 0 Å². The predicted molar refractivity (Wildman–Crippen MR) is 167 cm³/mol. The van der Waals surface area contributed by atoms with Gasteiger partial charge < -0.3 is 4.42 Å². The zero-order chi connectivity index (χ0) is 26.4. The highest BCUT2D eigenvalue weighted by Crippen LogP contribution is 2.41. The van der Waals surface area contributed by atoms with E-state index in [4.69, 9.17) is 14.4 Å². The van der Waals surface area contributed by atoms with Crippen molar-refractivity contribution in [1.82, 2.24) is 14.5 Å². The van der Waals surface area contributed by atoms with E-state index < -0.39 is 0 Å². The molecule has 188 valence electrons. The van der Waals surface area contributed by atoms with Crippen molar-refractivity contribution in [3.63, 3.8) is 0 Å². The number of aromatic nitrogens is 3. The van der Waals surface area contributed by atoms with Gasteiger partial charge in [-0.15, -0.1) is 11.3 Å². The van der Waals surface area contributed by atoms with Crippen molar-refractivity contribution in [2.75, 3.05) is 0 Å². The second-order valence-electron chi connectivity index (χ2n) is 10.2. The van der Waals surface area contributed by atoms with Gasteiger partial charge in [-0.05, 0) is 37.3 Å². The van der Waals surface area contributed by atoms with Crippen LogP contribution in [0.5, 0.6) is 0 Å². The minimum atomic E-state index is 0.843. The lowest BCUT2D eigenvalue weighted by Gasteiger charge is -2.10. The molecule has 0 bridgehead atoms. The number of benzene rings is 5. The van der Waals surface area contributed by atoms with E-state index in [0.717, 1.165) is 66.6 Å². The number of aryl methyl sites for hydroxylation is 1. The molecule has 40 heavy (non-hydrogen) atoms. The fourth-order valence-corrected chi connectivity index (χ4v) is 7.35. The second kappa shape index (κ2) is 8.01. The van der Waals surface area contributed by atoms with Crippen LogP contribution in [0.1, 0.15) is 5.69 Å². The van der Waals surface area contributed by atoms with Crippen molar-refractivity contribution >= 4 is 75.5 Å². The third-order valence-corrected chi connectivity index (χ3v) is 9.16. The molecule has 0 unspecified atom stereocenters. The molecule has 0 radical (unpaired) electrons. The Morgan fingerprint density at radius 1 is 0.650 bits per heavy atom. The van der Waals surface area contributed by atoms with Gasteiger partial charge in [0, 0.05) is 48.0 Å². The quantitative estimate of drug-likeness (QED) is 0.223. The molecule has 0 aliphatic rings. The summed E-state index contributed by atoms with van der Waals surface area (Å²) in [5.41, 5.74) is 8.54. The largest absolute Gasteiger partial charge is 0.456 e. The Labute approximate surface area is 232 Å². The first-order valence-corrected chi connectivity index (χ1v) is 14.2. The van der Waals surface area contributed by atoms with Crippen LogP contribution in [0.25, 0.3) is 81.1 Å². The zero-order valence-corrected chi connectivity index (χ0v) is 22.4. The molecular formula is C35H21N3OS. The number of rotatable bonds is 2. The lowest BCUT2D eigenvalue weighted by Crippen LogP contribution is -1.99. The van der Waals surface area contributed by atoms with E-state index in [1.54, 1.807) is 0 Å². The van der Waals surface area contributed by atoms with Crippen molar-refractivity contribution in [3.8, 4) is 16.9 Å². The Morgan fingerprint density at radius 2 is 1.40 bits per heavy atom. The van der Waals surface area contributed by atoms with E-state index in [1.807, 2.05) is 23.5 Å². The van der Waals surface area contributed by atoms with Crippen LogP contribution in [0.4, 0.5) is 0 Å². The number of nitrogens with zero attached hydrogens (tertiary/aromatic N) is 3. The molecule has 9 rings (SSSR count). The van der Waals surface area contributed by atoms with Gasteiger partial charge >= 0.3 is 0 Å². The van der Waals surface area contributed by atoms with E-state index in [-0.39, 0.29) is 0 Å². The summed E-state index contributed by atoms with van der Waals surface area (Å²) in [6, 6.07) is 38.1. The topological polar surface area (TPSA) is 43.9 Å². The fraction of sp³-hybridized carbons (Fsp3) is 0.0286. The maximum Gasteiger partial charge on any atom is 0.165 e. The highest BCUT2D eigenvalue weighted by molar-refractivity contribution is 7.26. The Hall–Kier alpha value is -5.00. The average Bonchev–Trinajstić information content (AvgIpc) is 3.65. The summed E-state index contributed by atoms with van der Waals surface area (Å²) in [5.74, 6) is 0. The average molecular weight is 532 g/mol.